The molecule has 2 aromatic heterocycles. The molecule has 0 bridgehead atoms. The van der Waals surface area contributed by atoms with Crippen LogP contribution in [0.3, 0.4) is 0 Å². The fraction of sp³-hybridized carbons (Fsp3) is 0.286. The molecule has 9 heteroatoms. The first kappa shape index (κ1) is 20.2. The van der Waals surface area contributed by atoms with E-state index in [2.05, 4.69) is 22.7 Å². The minimum Gasteiger partial charge on any atom is -0.332 e. The highest BCUT2D eigenvalue weighted by molar-refractivity contribution is 7.89. The van der Waals surface area contributed by atoms with E-state index in [-0.39, 0.29) is 17.1 Å². The number of fused-ring (bicyclic) bond motifs is 1. The molecule has 0 fully saturated rings. The molecule has 1 aromatic carbocycles. The highest BCUT2D eigenvalue weighted by Gasteiger charge is 2.28. The molecule has 0 saturated carbocycles. The van der Waals surface area contributed by atoms with Crippen molar-refractivity contribution in [1.82, 2.24) is 13.9 Å². The molecule has 156 valence electrons. The molecule has 0 N–H and O–H groups in total. The third-order valence-corrected chi connectivity index (χ3v) is 7.14. The van der Waals surface area contributed by atoms with Crippen molar-refractivity contribution in [3.63, 3.8) is 0 Å². The van der Waals surface area contributed by atoms with Crippen molar-refractivity contribution in [1.29, 1.82) is 0 Å². The summed E-state index contributed by atoms with van der Waals surface area (Å²) < 4.78 is 29.4. The number of aryl methyl sites for hydroxylation is 1. The van der Waals surface area contributed by atoms with Crippen LogP contribution in [0.5, 0.6) is 0 Å². The summed E-state index contributed by atoms with van der Waals surface area (Å²) >= 11 is 0. The maximum absolute atomic E-state index is 13.0. The Labute approximate surface area is 174 Å². The lowest BCUT2D eigenvalue weighted by atomic mass is 10.0. The van der Waals surface area contributed by atoms with Crippen molar-refractivity contribution in [3.8, 4) is 0 Å². The van der Waals surface area contributed by atoms with Crippen LogP contribution < -0.4 is 0 Å². The number of benzene rings is 1. The highest BCUT2D eigenvalue weighted by atomic mass is 32.2. The van der Waals surface area contributed by atoms with E-state index in [1.54, 1.807) is 6.20 Å². The zero-order valence-electron chi connectivity index (χ0n) is 16.6. The summed E-state index contributed by atoms with van der Waals surface area (Å²) in [5, 5.41) is 12.1. The van der Waals surface area contributed by atoms with E-state index in [1.165, 1.54) is 22.5 Å². The maximum Gasteiger partial charge on any atom is 0.270 e. The van der Waals surface area contributed by atoms with Gasteiger partial charge in [0, 0.05) is 55.1 Å². The van der Waals surface area contributed by atoms with Crippen LogP contribution in [0.15, 0.2) is 59.8 Å². The number of nitro groups is 1. The zero-order valence-corrected chi connectivity index (χ0v) is 17.4. The minimum atomic E-state index is -3.80. The van der Waals surface area contributed by atoms with E-state index in [9.17, 15) is 18.5 Å². The van der Waals surface area contributed by atoms with E-state index in [0.717, 1.165) is 41.2 Å². The molecule has 3 aromatic rings. The van der Waals surface area contributed by atoms with Gasteiger partial charge in [0.25, 0.3) is 5.69 Å². The van der Waals surface area contributed by atoms with Crippen molar-refractivity contribution in [2.75, 3.05) is 13.1 Å². The van der Waals surface area contributed by atoms with Gasteiger partial charge in [0.15, 0.2) is 0 Å². The molecule has 0 saturated heterocycles. The number of sulfonamides is 1. The molecule has 0 atom stereocenters. The van der Waals surface area contributed by atoms with Gasteiger partial charge in [0.1, 0.15) is 5.65 Å². The molecule has 1 aliphatic heterocycles. The van der Waals surface area contributed by atoms with Crippen molar-refractivity contribution in [3.05, 3.63) is 70.5 Å². The molecule has 0 aliphatic carbocycles. The predicted octanol–water partition coefficient (Wildman–Crippen LogP) is 3.83. The van der Waals surface area contributed by atoms with Gasteiger partial charge in [-0.1, -0.05) is 19.1 Å². The first-order chi connectivity index (χ1) is 14.4. The van der Waals surface area contributed by atoms with E-state index in [1.807, 2.05) is 18.2 Å². The fourth-order valence-electron chi connectivity index (χ4n) is 3.81. The summed E-state index contributed by atoms with van der Waals surface area (Å²) in [5.41, 5.74) is 2.87. The molecule has 0 spiro atoms. The molecular formula is C21H22N4O4S. The molecule has 1 aliphatic rings. The summed E-state index contributed by atoms with van der Waals surface area (Å²) in [6, 6.07) is 9.13. The Morgan fingerprint density at radius 3 is 2.77 bits per heavy atom. The number of aromatic nitrogens is 2. The monoisotopic (exact) mass is 426 g/mol. The van der Waals surface area contributed by atoms with Gasteiger partial charge < -0.3 is 4.57 Å². The number of hydrogen-bond acceptors (Lipinski definition) is 5. The van der Waals surface area contributed by atoms with E-state index >= 15 is 0 Å². The van der Waals surface area contributed by atoms with Crippen LogP contribution in [0.1, 0.15) is 25.3 Å². The van der Waals surface area contributed by atoms with Gasteiger partial charge in [-0.2, -0.15) is 4.31 Å². The number of hydrogen-bond donors (Lipinski definition) is 0. The molecule has 0 radical (unpaired) electrons. The van der Waals surface area contributed by atoms with Crippen LogP contribution in [0, 0.1) is 10.1 Å². The van der Waals surface area contributed by atoms with Crippen molar-refractivity contribution in [2.45, 2.75) is 31.2 Å². The van der Waals surface area contributed by atoms with Crippen LogP contribution in [0.2, 0.25) is 0 Å². The molecule has 4 rings (SSSR count). The highest BCUT2D eigenvalue weighted by Crippen LogP contribution is 2.32. The maximum atomic E-state index is 13.0. The number of nitro benzene ring substituents is 1. The lowest BCUT2D eigenvalue weighted by molar-refractivity contribution is -0.385. The number of pyridine rings is 1. The van der Waals surface area contributed by atoms with Crippen LogP contribution in [-0.2, 0) is 16.6 Å². The average Bonchev–Trinajstić information content (AvgIpc) is 3.13. The Hall–Kier alpha value is -3.04. The van der Waals surface area contributed by atoms with Crippen LogP contribution in [-0.4, -0.2) is 40.3 Å². The second-order valence-electron chi connectivity index (χ2n) is 7.21. The van der Waals surface area contributed by atoms with Crippen LogP contribution >= 0.6 is 0 Å². The van der Waals surface area contributed by atoms with Crippen LogP contribution in [0.25, 0.3) is 16.6 Å². The van der Waals surface area contributed by atoms with E-state index in [0.29, 0.717) is 13.0 Å². The summed E-state index contributed by atoms with van der Waals surface area (Å²) in [6.07, 6.45) is 7.36. The minimum absolute atomic E-state index is 0.0581. The molecule has 0 unspecified atom stereocenters. The van der Waals surface area contributed by atoms with Gasteiger partial charge in [-0.05, 0) is 36.6 Å². The third kappa shape index (κ3) is 3.61. The van der Waals surface area contributed by atoms with Gasteiger partial charge in [0.05, 0.1) is 9.82 Å². The third-order valence-electron chi connectivity index (χ3n) is 5.28. The van der Waals surface area contributed by atoms with Crippen molar-refractivity contribution in [2.24, 2.45) is 0 Å². The number of rotatable bonds is 6. The summed E-state index contributed by atoms with van der Waals surface area (Å²) in [5.74, 6) is 0. The summed E-state index contributed by atoms with van der Waals surface area (Å²) in [4.78, 5) is 14.9. The smallest absolute Gasteiger partial charge is 0.270 e. The number of non-ortho nitro benzene ring substituents is 1. The second kappa shape index (κ2) is 8.00. The molecule has 3 heterocycles. The largest absolute Gasteiger partial charge is 0.332 e. The van der Waals surface area contributed by atoms with Crippen molar-refractivity contribution >= 4 is 32.3 Å². The van der Waals surface area contributed by atoms with E-state index < -0.39 is 14.9 Å². The fourth-order valence-corrected chi connectivity index (χ4v) is 5.23. The lowest BCUT2D eigenvalue weighted by Crippen LogP contribution is -2.34. The molecular weight excluding hydrogens is 404 g/mol. The average molecular weight is 426 g/mol. The first-order valence-corrected chi connectivity index (χ1v) is 11.2. The molecule has 30 heavy (non-hydrogen) atoms. The Morgan fingerprint density at radius 1 is 1.23 bits per heavy atom. The second-order valence-corrected chi connectivity index (χ2v) is 9.15. The predicted molar refractivity (Wildman–Crippen MR) is 114 cm³/mol. The summed E-state index contributed by atoms with van der Waals surface area (Å²) in [7, 11) is -3.80. The van der Waals surface area contributed by atoms with Gasteiger partial charge in [0.2, 0.25) is 10.0 Å². The van der Waals surface area contributed by atoms with E-state index in [4.69, 9.17) is 0 Å². The SMILES string of the molecule is CCCn1cc(C2=CCN(S(=O)(=O)c3cccc([N+](=O)[O-])c3)CC2)c2cccnc21. The molecule has 0 amide bonds. The lowest BCUT2D eigenvalue weighted by Gasteiger charge is -2.25. The van der Waals surface area contributed by atoms with Crippen LogP contribution in [0.4, 0.5) is 5.69 Å². The standard InChI is InChI=1S/C21H22N4O4S/c1-2-11-23-15-20(19-7-4-10-22-21(19)23)16-8-12-24(13-9-16)30(28,29)18-6-3-5-17(14-18)25(26)27/h3-8,10,14-15H,2,9,11-13H2,1H3. The normalized spacial score (nSPS) is 15.3. The van der Waals surface area contributed by atoms with Gasteiger partial charge in [-0.15, -0.1) is 0 Å². The Kier molecular flexibility index (Phi) is 5.40. The Balaban J connectivity index is 1.63. The van der Waals surface area contributed by atoms with Crippen molar-refractivity contribution < 1.29 is 13.3 Å². The summed E-state index contributed by atoms with van der Waals surface area (Å²) in [6.45, 7) is 3.53. The van der Waals surface area contributed by atoms with Gasteiger partial charge >= 0.3 is 0 Å². The van der Waals surface area contributed by atoms with Gasteiger partial charge in [-0.25, -0.2) is 13.4 Å². The number of nitrogens with zero attached hydrogens (tertiary/aromatic N) is 4. The molecule has 8 nitrogen and oxygen atoms in total. The van der Waals surface area contributed by atoms with Gasteiger partial charge in [-0.3, -0.25) is 10.1 Å². The Morgan fingerprint density at radius 2 is 2.07 bits per heavy atom. The zero-order chi connectivity index (χ0) is 21.3. The topological polar surface area (TPSA) is 98.3 Å². The quantitative estimate of drug-likeness (QED) is 0.441. The Bertz CT molecular complexity index is 1250. The first-order valence-electron chi connectivity index (χ1n) is 9.79.